The lowest BCUT2D eigenvalue weighted by molar-refractivity contribution is 0.306. The van der Waals surface area contributed by atoms with Gasteiger partial charge in [0, 0.05) is 10.6 Å². The number of halogens is 1. The van der Waals surface area contributed by atoms with E-state index in [2.05, 4.69) is 16.3 Å². The molecule has 162 valence electrons. The maximum atomic E-state index is 9.84. The first kappa shape index (κ1) is 20.7. The van der Waals surface area contributed by atoms with Gasteiger partial charge in [-0.25, -0.2) is 0 Å². The molecule has 0 unspecified atom stereocenters. The maximum absolute atomic E-state index is 9.84. The molecule has 1 aliphatic heterocycles. The lowest BCUT2D eigenvalue weighted by Gasteiger charge is -2.24. The number of allylic oxidation sites excluding steroid dienone is 1. The fourth-order valence-corrected chi connectivity index (χ4v) is 4.19. The highest BCUT2D eigenvalue weighted by Gasteiger charge is 2.36. The van der Waals surface area contributed by atoms with Crippen LogP contribution in [0.2, 0.25) is 5.02 Å². The number of nitrogens with zero attached hydrogens (tertiary/aromatic N) is 2. The zero-order valence-corrected chi connectivity index (χ0v) is 18.2. The van der Waals surface area contributed by atoms with Gasteiger partial charge in [-0.1, -0.05) is 60.1 Å². The number of rotatable bonds is 5. The Morgan fingerprint density at radius 1 is 1.03 bits per heavy atom. The van der Waals surface area contributed by atoms with Crippen LogP contribution in [-0.2, 0) is 6.61 Å². The minimum Gasteiger partial charge on any atom is -0.489 e. The van der Waals surface area contributed by atoms with Crippen molar-refractivity contribution < 1.29 is 9.47 Å². The van der Waals surface area contributed by atoms with Crippen LogP contribution in [0.15, 0.2) is 90.3 Å². The number of fused-ring (bicyclic) bond motifs is 1. The van der Waals surface area contributed by atoms with Crippen LogP contribution < -0.4 is 15.2 Å². The van der Waals surface area contributed by atoms with E-state index < -0.39 is 5.92 Å². The molecule has 0 saturated carbocycles. The second-order valence-corrected chi connectivity index (χ2v) is 7.97. The van der Waals surface area contributed by atoms with Crippen molar-refractivity contribution in [2.45, 2.75) is 12.5 Å². The summed E-state index contributed by atoms with van der Waals surface area (Å²) in [5.41, 5.74) is 10.5. The number of aromatic nitrogens is 2. The van der Waals surface area contributed by atoms with Gasteiger partial charge in [0.2, 0.25) is 11.8 Å². The third kappa shape index (κ3) is 3.91. The molecular weight excluding hydrogens is 436 g/mol. The molecule has 33 heavy (non-hydrogen) atoms. The lowest BCUT2D eigenvalue weighted by Crippen LogP contribution is -2.21. The van der Waals surface area contributed by atoms with E-state index in [0.29, 0.717) is 28.6 Å². The molecular formula is C26H19ClN4O2. The quantitative estimate of drug-likeness (QED) is 0.413. The van der Waals surface area contributed by atoms with Crippen LogP contribution in [0.25, 0.3) is 11.3 Å². The fourth-order valence-electron chi connectivity index (χ4n) is 3.94. The number of aromatic amines is 1. The number of H-pyrrole nitrogens is 1. The molecule has 0 saturated heterocycles. The van der Waals surface area contributed by atoms with Crippen molar-refractivity contribution in [2.75, 3.05) is 0 Å². The normalized spacial score (nSPS) is 14.8. The predicted octanol–water partition coefficient (Wildman–Crippen LogP) is 5.53. The molecule has 0 bridgehead atoms. The first-order valence-corrected chi connectivity index (χ1v) is 10.7. The number of benzene rings is 3. The van der Waals surface area contributed by atoms with Crippen molar-refractivity contribution >= 4 is 11.6 Å². The molecule has 7 heteroatoms. The Hall–Kier alpha value is -4.21. The van der Waals surface area contributed by atoms with E-state index in [-0.39, 0.29) is 5.88 Å². The third-order valence-electron chi connectivity index (χ3n) is 5.55. The summed E-state index contributed by atoms with van der Waals surface area (Å²) in [4.78, 5) is 0. The van der Waals surface area contributed by atoms with E-state index in [4.69, 9.17) is 26.8 Å². The number of nitrogens with two attached hydrogens (primary N) is 1. The van der Waals surface area contributed by atoms with Gasteiger partial charge in [0.1, 0.15) is 24.0 Å². The van der Waals surface area contributed by atoms with Crippen molar-refractivity contribution in [1.82, 2.24) is 10.2 Å². The van der Waals surface area contributed by atoms with Crippen molar-refractivity contribution in [3.63, 3.8) is 0 Å². The Labute approximate surface area is 195 Å². The zero-order chi connectivity index (χ0) is 22.8. The standard InChI is InChI=1S/C26H19ClN4O2/c27-21-9-5-4-8-19(21)22-20(14-28)25(29)33-26-23(22)24(30-31-26)17-10-12-18(13-11-17)32-15-16-6-2-1-3-7-16/h1-13,22H,15,29H2,(H,30,31)/t22-/m1/s1. The van der Waals surface area contributed by atoms with Gasteiger partial charge in [-0.05, 0) is 41.5 Å². The van der Waals surface area contributed by atoms with Crippen molar-refractivity contribution in [3.05, 3.63) is 112 Å². The van der Waals surface area contributed by atoms with Gasteiger partial charge in [-0.15, -0.1) is 5.10 Å². The minimum atomic E-state index is -0.504. The summed E-state index contributed by atoms with van der Waals surface area (Å²) in [6.45, 7) is 0.484. The summed E-state index contributed by atoms with van der Waals surface area (Å²) in [5, 5.41) is 17.7. The molecule has 3 N–H and O–H groups in total. The van der Waals surface area contributed by atoms with Crippen molar-refractivity contribution in [3.8, 4) is 29.0 Å². The maximum Gasteiger partial charge on any atom is 0.244 e. The van der Waals surface area contributed by atoms with E-state index in [1.54, 1.807) is 6.07 Å². The van der Waals surface area contributed by atoms with Gasteiger partial charge in [0.25, 0.3) is 0 Å². The Morgan fingerprint density at radius 2 is 1.76 bits per heavy atom. The second kappa shape index (κ2) is 8.73. The first-order chi connectivity index (χ1) is 16.2. The van der Waals surface area contributed by atoms with Gasteiger partial charge in [0.05, 0.1) is 17.2 Å². The van der Waals surface area contributed by atoms with E-state index >= 15 is 0 Å². The average molecular weight is 455 g/mol. The molecule has 0 spiro atoms. The molecule has 1 aromatic heterocycles. The van der Waals surface area contributed by atoms with Crippen LogP contribution in [0.5, 0.6) is 11.6 Å². The fraction of sp³-hybridized carbons (Fsp3) is 0.0769. The van der Waals surface area contributed by atoms with Crippen LogP contribution in [0.1, 0.15) is 22.6 Å². The molecule has 2 heterocycles. The average Bonchev–Trinajstić information content (AvgIpc) is 3.26. The van der Waals surface area contributed by atoms with Gasteiger partial charge in [-0.2, -0.15) is 5.26 Å². The van der Waals surface area contributed by atoms with Gasteiger partial charge >= 0.3 is 0 Å². The van der Waals surface area contributed by atoms with E-state index in [0.717, 1.165) is 28.1 Å². The highest BCUT2D eigenvalue weighted by Crippen LogP contribution is 2.47. The van der Waals surface area contributed by atoms with E-state index in [1.165, 1.54) is 0 Å². The molecule has 5 rings (SSSR count). The summed E-state index contributed by atoms with van der Waals surface area (Å²) in [5.74, 6) is 0.598. The number of hydrogen-bond acceptors (Lipinski definition) is 5. The summed E-state index contributed by atoms with van der Waals surface area (Å²) >= 11 is 6.50. The molecule has 0 fully saturated rings. The summed E-state index contributed by atoms with van der Waals surface area (Å²) in [7, 11) is 0. The first-order valence-electron chi connectivity index (χ1n) is 10.3. The Morgan fingerprint density at radius 3 is 2.48 bits per heavy atom. The molecule has 0 amide bonds. The van der Waals surface area contributed by atoms with Gasteiger partial charge in [0.15, 0.2) is 0 Å². The topological polar surface area (TPSA) is 97.0 Å². The number of ether oxygens (including phenoxy) is 2. The Bertz CT molecular complexity index is 1370. The Balaban J connectivity index is 1.50. The van der Waals surface area contributed by atoms with Crippen LogP contribution in [-0.4, -0.2) is 10.2 Å². The van der Waals surface area contributed by atoms with Crippen molar-refractivity contribution in [2.24, 2.45) is 5.73 Å². The highest BCUT2D eigenvalue weighted by atomic mass is 35.5. The third-order valence-corrected chi connectivity index (χ3v) is 5.89. The van der Waals surface area contributed by atoms with Crippen LogP contribution in [0.4, 0.5) is 0 Å². The van der Waals surface area contributed by atoms with E-state index in [1.807, 2.05) is 72.8 Å². The predicted molar refractivity (Wildman–Crippen MR) is 126 cm³/mol. The molecule has 4 aromatic rings. The van der Waals surface area contributed by atoms with Gasteiger partial charge in [-0.3, -0.25) is 5.10 Å². The lowest BCUT2D eigenvalue weighted by atomic mass is 9.83. The molecule has 0 radical (unpaired) electrons. The van der Waals surface area contributed by atoms with Crippen LogP contribution in [0, 0.1) is 11.3 Å². The Kier molecular flexibility index (Phi) is 5.47. The molecule has 1 aliphatic rings. The molecule has 1 atom stereocenters. The van der Waals surface area contributed by atoms with E-state index in [9.17, 15) is 5.26 Å². The highest BCUT2D eigenvalue weighted by molar-refractivity contribution is 6.31. The van der Waals surface area contributed by atoms with Gasteiger partial charge < -0.3 is 15.2 Å². The summed E-state index contributed by atoms with van der Waals surface area (Å²) < 4.78 is 11.6. The molecule has 0 aliphatic carbocycles. The van der Waals surface area contributed by atoms with Crippen LogP contribution >= 0.6 is 11.6 Å². The summed E-state index contributed by atoms with van der Waals surface area (Å²) in [6.07, 6.45) is 0. The minimum absolute atomic E-state index is 0.0256. The molecule has 3 aromatic carbocycles. The number of nitriles is 1. The number of nitrogens with one attached hydrogen (secondary N) is 1. The summed E-state index contributed by atoms with van der Waals surface area (Å²) in [6, 6.07) is 27.2. The second-order valence-electron chi connectivity index (χ2n) is 7.56. The number of hydrogen-bond donors (Lipinski definition) is 2. The SMILES string of the molecule is N#CC1=C(N)Oc2n[nH]c(-c3ccc(OCc4ccccc4)cc3)c2[C@@H]1c1ccccc1Cl. The van der Waals surface area contributed by atoms with Crippen molar-refractivity contribution in [1.29, 1.82) is 5.26 Å². The monoisotopic (exact) mass is 454 g/mol. The molecule has 6 nitrogen and oxygen atoms in total. The zero-order valence-electron chi connectivity index (χ0n) is 17.5. The van der Waals surface area contributed by atoms with Crippen LogP contribution in [0.3, 0.4) is 0 Å². The smallest absolute Gasteiger partial charge is 0.244 e. The largest absolute Gasteiger partial charge is 0.489 e.